The summed E-state index contributed by atoms with van der Waals surface area (Å²) in [6.45, 7) is 6.02. The Morgan fingerprint density at radius 2 is 1.75 bits per heavy atom. The number of nitrogens with zero attached hydrogens (tertiary/aromatic N) is 2. The van der Waals surface area contributed by atoms with E-state index in [4.69, 9.17) is 0 Å². The molecular weight excluding hydrogens is 200 g/mol. The van der Waals surface area contributed by atoms with Crippen molar-refractivity contribution in [3.05, 3.63) is 0 Å². The van der Waals surface area contributed by atoms with E-state index in [0.717, 1.165) is 18.9 Å². The van der Waals surface area contributed by atoms with Crippen molar-refractivity contribution in [2.24, 2.45) is 0 Å². The van der Waals surface area contributed by atoms with Crippen LogP contribution in [0.3, 0.4) is 0 Å². The number of hydrogen-bond donors (Lipinski definition) is 1. The normalized spacial score (nSPS) is 39.6. The van der Waals surface area contributed by atoms with Gasteiger partial charge in [-0.2, -0.15) is 0 Å². The van der Waals surface area contributed by atoms with E-state index in [-0.39, 0.29) is 6.10 Å². The van der Waals surface area contributed by atoms with E-state index in [2.05, 4.69) is 23.8 Å². The third-order valence-corrected chi connectivity index (χ3v) is 4.23. The van der Waals surface area contributed by atoms with Gasteiger partial charge in [-0.15, -0.1) is 0 Å². The molecule has 0 aromatic rings. The summed E-state index contributed by atoms with van der Waals surface area (Å²) in [6.07, 6.45) is 5.65. The smallest absolute Gasteiger partial charge is 0.0541 e. The van der Waals surface area contributed by atoms with E-state index in [1.165, 1.54) is 38.9 Å². The van der Waals surface area contributed by atoms with Crippen molar-refractivity contribution in [3.63, 3.8) is 0 Å². The van der Waals surface area contributed by atoms with Gasteiger partial charge in [0, 0.05) is 18.6 Å². The predicted octanol–water partition coefficient (Wildman–Crippen LogP) is 1.32. The van der Waals surface area contributed by atoms with Crippen molar-refractivity contribution in [1.82, 2.24) is 9.80 Å². The lowest BCUT2D eigenvalue weighted by Crippen LogP contribution is -2.46. The van der Waals surface area contributed by atoms with Gasteiger partial charge in [0.05, 0.1) is 6.10 Å². The highest BCUT2D eigenvalue weighted by atomic mass is 16.3. The first kappa shape index (κ1) is 12.3. The summed E-state index contributed by atoms with van der Waals surface area (Å²) in [5, 5.41) is 9.56. The maximum Gasteiger partial charge on any atom is 0.0541 e. The number of hydrogen-bond acceptors (Lipinski definition) is 3. The van der Waals surface area contributed by atoms with E-state index in [1.54, 1.807) is 0 Å². The Morgan fingerprint density at radius 3 is 2.44 bits per heavy atom. The molecule has 2 aliphatic rings. The summed E-state index contributed by atoms with van der Waals surface area (Å²) in [6, 6.07) is 1.40. The number of likely N-dealkylation sites (N-methyl/N-ethyl adjacent to an activating group) is 1. The average Bonchev–Trinajstić information content (AvgIpc) is 2.41. The average molecular weight is 226 g/mol. The van der Waals surface area contributed by atoms with E-state index in [1.807, 2.05) is 0 Å². The quantitative estimate of drug-likeness (QED) is 0.730. The highest BCUT2D eigenvalue weighted by Gasteiger charge is 2.29. The summed E-state index contributed by atoms with van der Waals surface area (Å²) >= 11 is 0. The molecule has 1 unspecified atom stereocenters. The third kappa shape index (κ3) is 2.96. The molecule has 1 saturated heterocycles. The monoisotopic (exact) mass is 226 g/mol. The second-order valence-corrected chi connectivity index (χ2v) is 5.66. The molecule has 3 heteroatoms. The Balaban J connectivity index is 1.91. The van der Waals surface area contributed by atoms with Crippen LogP contribution < -0.4 is 0 Å². The van der Waals surface area contributed by atoms with Crippen LogP contribution >= 0.6 is 0 Å². The number of aliphatic hydroxyl groups is 1. The molecule has 1 atom stereocenters. The lowest BCUT2D eigenvalue weighted by Gasteiger charge is -2.38. The van der Waals surface area contributed by atoms with Crippen LogP contribution in [-0.2, 0) is 0 Å². The van der Waals surface area contributed by atoms with Crippen LogP contribution in [0.2, 0.25) is 0 Å². The first-order valence-corrected chi connectivity index (χ1v) is 6.79. The molecular formula is C13H26N2O. The topological polar surface area (TPSA) is 26.7 Å². The Labute approximate surface area is 99.4 Å². The molecule has 1 heterocycles. The highest BCUT2D eigenvalue weighted by Crippen LogP contribution is 2.25. The predicted molar refractivity (Wildman–Crippen MR) is 66.5 cm³/mol. The molecule has 3 nitrogen and oxygen atoms in total. The van der Waals surface area contributed by atoms with Crippen LogP contribution in [0.1, 0.15) is 39.0 Å². The number of aliphatic hydroxyl groups excluding tert-OH is 1. The van der Waals surface area contributed by atoms with Crippen molar-refractivity contribution < 1.29 is 5.11 Å². The second kappa shape index (κ2) is 5.48. The fraction of sp³-hybridized carbons (Fsp3) is 1.00. The van der Waals surface area contributed by atoms with Crippen molar-refractivity contribution in [2.45, 2.75) is 57.2 Å². The van der Waals surface area contributed by atoms with Gasteiger partial charge in [-0.3, -0.25) is 4.90 Å². The summed E-state index contributed by atoms with van der Waals surface area (Å²) in [4.78, 5) is 5.14. The third-order valence-electron chi connectivity index (χ3n) is 4.23. The van der Waals surface area contributed by atoms with Gasteiger partial charge in [0.15, 0.2) is 0 Å². The molecule has 2 rings (SSSR count). The van der Waals surface area contributed by atoms with Gasteiger partial charge in [0.1, 0.15) is 0 Å². The first-order valence-electron chi connectivity index (χ1n) is 6.79. The summed E-state index contributed by atoms with van der Waals surface area (Å²) in [5.74, 6) is 0. The van der Waals surface area contributed by atoms with Crippen LogP contribution in [0.5, 0.6) is 0 Å². The SMILES string of the molecule is CC1CN(C)CCCN1C1CCC(O)CC1. The molecule has 94 valence electrons. The zero-order valence-corrected chi connectivity index (χ0v) is 10.7. The Morgan fingerprint density at radius 1 is 1.06 bits per heavy atom. The summed E-state index contributed by atoms with van der Waals surface area (Å²) in [5.41, 5.74) is 0. The summed E-state index contributed by atoms with van der Waals surface area (Å²) in [7, 11) is 2.23. The standard InChI is InChI=1S/C13H26N2O/c1-11-10-14(2)8-3-9-15(11)12-4-6-13(16)7-5-12/h11-13,16H,3-10H2,1-2H3. The fourth-order valence-corrected chi connectivity index (χ4v) is 3.32. The van der Waals surface area contributed by atoms with Gasteiger partial charge >= 0.3 is 0 Å². The van der Waals surface area contributed by atoms with Crippen LogP contribution in [-0.4, -0.2) is 59.8 Å². The first-order chi connectivity index (χ1) is 7.66. The van der Waals surface area contributed by atoms with E-state index >= 15 is 0 Å². The molecule has 0 aromatic heterocycles. The van der Waals surface area contributed by atoms with Gasteiger partial charge in [-0.05, 0) is 59.2 Å². The minimum absolute atomic E-state index is 0.0267. The molecule has 0 aromatic carbocycles. The van der Waals surface area contributed by atoms with E-state index < -0.39 is 0 Å². The largest absolute Gasteiger partial charge is 0.393 e. The lowest BCUT2D eigenvalue weighted by atomic mass is 9.91. The Bertz CT molecular complexity index is 214. The molecule has 1 saturated carbocycles. The molecule has 0 spiro atoms. The molecule has 2 fully saturated rings. The molecule has 0 amide bonds. The van der Waals surface area contributed by atoms with E-state index in [0.29, 0.717) is 6.04 Å². The van der Waals surface area contributed by atoms with Crippen molar-refractivity contribution >= 4 is 0 Å². The van der Waals surface area contributed by atoms with Gasteiger partial charge in [-0.25, -0.2) is 0 Å². The van der Waals surface area contributed by atoms with Crippen LogP contribution in [0.4, 0.5) is 0 Å². The maximum absolute atomic E-state index is 9.56. The van der Waals surface area contributed by atoms with Gasteiger partial charge in [0.2, 0.25) is 0 Å². The molecule has 1 aliphatic heterocycles. The number of rotatable bonds is 1. The van der Waals surface area contributed by atoms with Crippen LogP contribution in [0, 0.1) is 0 Å². The van der Waals surface area contributed by atoms with Gasteiger partial charge in [0.25, 0.3) is 0 Å². The fourth-order valence-electron chi connectivity index (χ4n) is 3.32. The maximum atomic E-state index is 9.56. The van der Waals surface area contributed by atoms with Crippen LogP contribution in [0.25, 0.3) is 0 Å². The minimum Gasteiger partial charge on any atom is -0.393 e. The minimum atomic E-state index is -0.0267. The molecule has 0 bridgehead atoms. The molecule has 0 radical (unpaired) electrons. The second-order valence-electron chi connectivity index (χ2n) is 5.66. The molecule has 16 heavy (non-hydrogen) atoms. The van der Waals surface area contributed by atoms with Crippen LogP contribution in [0.15, 0.2) is 0 Å². The zero-order chi connectivity index (χ0) is 11.5. The lowest BCUT2D eigenvalue weighted by molar-refractivity contribution is 0.0569. The molecule has 1 N–H and O–H groups in total. The molecule has 1 aliphatic carbocycles. The Kier molecular flexibility index (Phi) is 4.22. The highest BCUT2D eigenvalue weighted by molar-refractivity contribution is 4.85. The zero-order valence-electron chi connectivity index (χ0n) is 10.7. The van der Waals surface area contributed by atoms with Crippen molar-refractivity contribution in [2.75, 3.05) is 26.7 Å². The summed E-state index contributed by atoms with van der Waals surface area (Å²) < 4.78 is 0. The van der Waals surface area contributed by atoms with Gasteiger partial charge < -0.3 is 10.0 Å². The Hall–Kier alpha value is -0.120. The van der Waals surface area contributed by atoms with Crippen molar-refractivity contribution in [1.29, 1.82) is 0 Å². The van der Waals surface area contributed by atoms with E-state index in [9.17, 15) is 5.11 Å². The van der Waals surface area contributed by atoms with Crippen molar-refractivity contribution in [3.8, 4) is 0 Å². The van der Waals surface area contributed by atoms with Gasteiger partial charge in [-0.1, -0.05) is 0 Å².